The lowest BCUT2D eigenvalue weighted by atomic mass is 10.1. The molecule has 3 rings (SSSR count). The maximum Gasteiger partial charge on any atom is 0.255 e. The molecular weight excluding hydrogens is 290 g/mol. The smallest absolute Gasteiger partial charge is 0.255 e. The van der Waals surface area contributed by atoms with Crippen LogP contribution in [0, 0.1) is 13.8 Å². The van der Waals surface area contributed by atoms with E-state index in [-0.39, 0.29) is 11.8 Å². The molecule has 1 aliphatic rings. The van der Waals surface area contributed by atoms with Crippen LogP contribution in [0.5, 0.6) is 0 Å². The van der Waals surface area contributed by atoms with E-state index >= 15 is 0 Å². The number of benzene rings is 1. The number of hydrogen-bond donors (Lipinski definition) is 1. The number of amides is 2. The standard InChI is InChI=1S/C18H21N3O2/c1-13-3-5-15(6-4-13)17(22)20-9-11-21(12-10-20)18(23)16-7-8-19-14(16)2/h3-8,19H,9-12H2,1-2H3. The predicted molar refractivity (Wildman–Crippen MR) is 88.5 cm³/mol. The number of aryl methyl sites for hydroxylation is 2. The Morgan fingerprint density at radius 2 is 1.43 bits per heavy atom. The van der Waals surface area contributed by atoms with Gasteiger partial charge in [-0.05, 0) is 32.0 Å². The van der Waals surface area contributed by atoms with Crippen LogP contribution in [0.2, 0.25) is 0 Å². The molecule has 120 valence electrons. The van der Waals surface area contributed by atoms with Gasteiger partial charge < -0.3 is 14.8 Å². The lowest BCUT2D eigenvalue weighted by Gasteiger charge is -2.34. The summed E-state index contributed by atoms with van der Waals surface area (Å²) in [7, 11) is 0. The first-order chi connectivity index (χ1) is 11.1. The third kappa shape index (κ3) is 3.13. The van der Waals surface area contributed by atoms with Gasteiger partial charge in [-0.3, -0.25) is 9.59 Å². The summed E-state index contributed by atoms with van der Waals surface area (Å²) in [5.41, 5.74) is 3.44. The molecule has 1 saturated heterocycles. The van der Waals surface area contributed by atoms with E-state index in [1.54, 1.807) is 6.20 Å². The Morgan fingerprint density at radius 1 is 0.870 bits per heavy atom. The van der Waals surface area contributed by atoms with Gasteiger partial charge in [-0.15, -0.1) is 0 Å². The number of aromatic nitrogens is 1. The minimum absolute atomic E-state index is 0.0335. The molecule has 23 heavy (non-hydrogen) atoms. The lowest BCUT2D eigenvalue weighted by Crippen LogP contribution is -2.50. The summed E-state index contributed by atoms with van der Waals surface area (Å²) in [6, 6.07) is 9.42. The molecule has 0 aliphatic carbocycles. The lowest BCUT2D eigenvalue weighted by molar-refractivity contribution is 0.0535. The molecule has 5 heteroatoms. The SMILES string of the molecule is Cc1ccc(C(=O)N2CCN(C(=O)c3cc[nH]c3C)CC2)cc1. The van der Waals surface area contributed by atoms with Crippen LogP contribution in [-0.2, 0) is 0 Å². The number of nitrogens with zero attached hydrogens (tertiary/aromatic N) is 2. The molecule has 0 bridgehead atoms. The van der Waals surface area contributed by atoms with E-state index in [0.717, 1.165) is 11.3 Å². The van der Waals surface area contributed by atoms with Gasteiger partial charge in [-0.2, -0.15) is 0 Å². The Balaban J connectivity index is 1.62. The third-order valence-corrected chi connectivity index (χ3v) is 4.34. The second kappa shape index (κ2) is 6.28. The Hall–Kier alpha value is -2.56. The van der Waals surface area contributed by atoms with Crippen molar-refractivity contribution in [2.24, 2.45) is 0 Å². The minimum Gasteiger partial charge on any atom is -0.365 e. The van der Waals surface area contributed by atoms with Gasteiger partial charge in [0, 0.05) is 43.6 Å². The zero-order valence-corrected chi connectivity index (χ0v) is 13.5. The second-order valence-corrected chi connectivity index (χ2v) is 5.97. The highest BCUT2D eigenvalue weighted by atomic mass is 16.2. The zero-order chi connectivity index (χ0) is 16.4. The number of carbonyl (C=O) groups is 2. The molecule has 0 unspecified atom stereocenters. The Morgan fingerprint density at radius 3 is 1.96 bits per heavy atom. The highest BCUT2D eigenvalue weighted by Crippen LogP contribution is 2.14. The van der Waals surface area contributed by atoms with Crippen molar-refractivity contribution in [3.05, 3.63) is 58.9 Å². The molecule has 1 aliphatic heterocycles. The van der Waals surface area contributed by atoms with E-state index in [0.29, 0.717) is 37.3 Å². The summed E-state index contributed by atoms with van der Waals surface area (Å²) in [4.78, 5) is 31.6. The van der Waals surface area contributed by atoms with E-state index in [9.17, 15) is 9.59 Å². The monoisotopic (exact) mass is 311 g/mol. The fourth-order valence-electron chi connectivity index (χ4n) is 2.85. The second-order valence-electron chi connectivity index (χ2n) is 5.97. The first kappa shape index (κ1) is 15.3. The maximum atomic E-state index is 12.5. The number of piperazine rings is 1. The Labute approximate surface area is 135 Å². The van der Waals surface area contributed by atoms with Crippen molar-refractivity contribution in [3.63, 3.8) is 0 Å². The number of carbonyl (C=O) groups excluding carboxylic acids is 2. The average Bonchev–Trinajstić information content (AvgIpc) is 3.00. The van der Waals surface area contributed by atoms with Crippen LogP contribution in [0.1, 0.15) is 32.0 Å². The van der Waals surface area contributed by atoms with Gasteiger partial charge in [0.2, 0.25) is 0 Å². The molecule has 2 aromatic rings. The molecule has 2 amide bonds. The molecule has 0 saturated carbocycles. The van der Waals surface area contributed by atoms with E-state index < -0.39 is 0 Å². The first-order valence-corrected chi connectivity index (χ1v) is 7.85. The van der Waals surface area contributed by atoms with Crippen molar-refractivity contribution in [3.8, 4) is 0 Å². The number of aromatic amines is 1. The van der Waals surface area contributed by atoms with Crippen molar-refractivity contribution in [2.45, 2.75) is 13.8 Å². The van der Waals surface area contributed by atoms with Crippen molar-refractivity contribution in [1.29, 1.82) is 0 Å². The zero-order valence-electron chi connectivity index (χ0n) is 13.5. The van der Waals surface area contributed by atoms with Crippen molar-refractivity contribution in [2.75, 3.05) is 26.2 Å². The number of nitrogens with one attached hydrogen (secondary N) is 1. The van der Waals surface area contributed by atoms with Crippen molar-refractivity contribution < 1.29 is 9.59 Å². The Kier molecular flexibility index (Phi) is 4.19. The van der Waals surface area contributed by atoms with Crippen LogP contribution >= 0.6 is 0 Å². The predicted octanol–water partition coefficient (Wildman–Crippen LogP) is 2.23. The van der Waals surface area contributed by atoms with Crippen LogP contribution in [-0.4, -0.2) is 52.8 Å². The summed E-state index contributed by atoms with van der Waals surface area (Å²) >= 11 is 0. The van der Waals surface area contributed by atoms with Crippen LogP contribution in [0.15, 0.2) is 36.5 Å². The summed E-state index contributed by atoms with van der Waals surface area (Å²) < 4.78 is 0. The molecule has 5 nitrogen and oxygen atoms in total. The molecule has 1 fully saturated rings. The van der Waals surface area contributed by atoms with E-state index in [2.05, 4.69) is 4.98 Å². The van der Waals surface area contributed by atoms with Gasteiger partial charge >= 0.3 is 0 Å². The number of H-pyrrole nitrogens is 1. The topological polar surface area (TPSA) is 56.4 Å². The highest BCUT2D eigenvalue weighted by Gasteiger charge is 2.26. The van der Waals surface area contributed by atoms with Gasteiger partial charge in [0.05, 0.1) is 5.56 Å². The fraction of sp³-hybridized carbons (Fsp3) is 0.333. The molecule has 1 N–H and O–H groups in total. The molecule has 1 aromatic heterocycles. The molecule has 0 radical (unpaired) electrons. The van der Waals surface area contributed by atoms with E-state index in [1.807, 2.05) is 54.0 Å². The number of rotatable bonds is 2. The van der Waals surface area contributed by atoms with Crippen LogP contribution < -0.4 is 0 Å². The van der Waals surface area contributed by atoms with E-state index in [4.69, 9.17) is 0 Å². The molecule has 0 spiro atoms. The molecular formula is C18H21N3O2. The molecule has 0 atom stereocenters. The molecule has 2 heterocycles. The van der Waals surface area contributed by atoms with Gasteiger partial charge in [0.25, 0.3) is 11.8 Å². The van der Waals surface area contributed by atoms with Crippen LogP contribution in [0.3, 0.4) is 0 Å². The van der Waals surface area contributed by atoms with Crippen LogP contribution in [0.25, 0.3) is 0 Å². The van der Waals surface area contributed by atoms with Crippen molar-refractivity contribution >= 4 is 11.8 Å². The average molecular weight is 311 g/mol. The van der Waals surface area contributed by atoms with E-state index in [1.165, 1.54) is 0 Å². The first-order valence-electron chi connectivity index (χ1n) is 7.85. The van der Waals surface area contributed by atoms with Gasteiger partial charge in [0.1, 0.15) is 0 Å². The third-order valence-electron chi connectivity index (χ3n) is 4.34. The highest BCUT2D eigenvalue weighted by molar-refractivity contribution is 5.96. The summed E-state index contributed by atoms with van der Waals surface area (Å²) in [5.74, 6) is 0.0705. The van der Waals surface area contributed by atoms with Gasteiger partial charge in [-0.25, -0.2) is 0 Å². The summed E-state index contributed by atoms with van der Waals surface area (Å²) in [6.45, 7) is 6.18. The minimum atomic E-state index is 0.0335. The normalized spacial score (nSPS) is 14.9. The fourth-order valence-corrected chi connectivity index (χ4v) is 2.85. The van der Waals surface area contributed by atoms with Crippen LogP contribution in [0.4, 0.5) is 0 Å². The maximum absolute atomic E-state index is 12.5. The summed E-state index contributed by atoms with van der Waals surface area (Å²) in [5, 5.41) is 0. The van der Waals surface area contributed by atoms with Gasteiger partial charge in [0.15, 0.2) is 0 Å². The largest absolute Gasteiger partial charge is 0.365 e. The number of hydrogen-bond acceptors (Lipinski definition) is 2. The quantitative estimate of drug-likeness (QED) is 0.924. The van der Waals surface area contributed by atoms with Crippen molar-refractivity contribution in [1.82, 2.24) is 14.8 Å². The Bertz CT molecular complexity index is 710. The van der Waals surface area contributed by atoms with Gasteiger partial charge in [-0.1, -0.05) is 17.7 Å². The summed E-state index contributed by atoms with van der Waals surface area (Å²) in [6.07, 6.45) is 1.78. The molecule has 1 aromatic carbocycles.